The van der Waals surface area contributed by atoms with E-state index in [1.165, 1.54) is 0 Å². The third-order valence-corrected chi connectivity index (χ3v) is 5.00. The van der Waals surface area contributed by atoms with Gasteiger partial charge in [0, 0.05) is 51.9 Å². The zero-order valence-electron chi connectivity index (χ0n) is 16.3. The lowest BCUT2D eigenvalue weighted by Crippen LogP contribution is -2.49. The summed E-state index contributed by atoms with van der Waals surface area (Å²) in [5, 5.41) is 2.80. The van der Waals surface area contributed by atoms with Gasteiger partial charge in [-0.1, -0.05) is 0 Å². The standard InChI is InChI=1S/C19H25F3N4O3/c1-24-12-17(27)23-15-11-14(3-4-16(15)24)18(28)26-8-6-25(7-9-26)5-2-10-29-13-19(20,21)22/h3-4,11H,2,5-10,12-13H2,1H3,(H,23,27). The molecular weight excluding hydrogens is 389 g/mol. The number of rotatable bonds is 6. The van der Waals surface area contributed by atoms with Crippen LogP contribution < -0.4 is 10.2 Å². The summed E-state index contributed by atoms with van der Waals surface area (Å²) in [5.41, 5.74) is 2.03. The Kier molecular flexibility index (Phi) is 6.63. The van der Waals surface area contributed by atoms with E-state index in [-0.39, 0.29) is 25.0 Å². The average Bonchev–Trinajstić information content (AvgIpc) is 2.66. The van der Waals surface area contributed by atoms with E-state index >= 15 is 0 Å². The van der Waals surface area contributed by atoms with Crippen LogP contribution in [0, 0.1) is 0 Å². The van der Waals surface area contributed by atoms with Crippen LogP contribution in [0.2, 0.25) is 0 Å². The highest BCUT2D eigenvalue weighted by atomic mass is 19.4. The molecule has 10 heteroatoms. The number of amides is 2. The largest absolute Gasteiger partial charge is 0.411 e. The van der Waals surface area contributed by atoms with E-state index in [2.05, 4.69) is 15.0 Å². The maximum Gasteiger partial charge on any atom is 0.411 e. The molecular formula is C19H25F3N4O3. The fourth-order valence-electron chi connectivity index (χ4n) is 3.53. The van der Waals surface area contributed by atoms with Crippen molar-refractivity contribution in [3.63, 3.8) is 0 Å². The van der Waals surface area contributed by atoms with Crippen LogP contribution in [0.15, 0.2) is 18.2 Å². The second-order valence-electron chi connectivity index (χ2n) is 7.29. The summed E-state index contributed by atoms with van der Waals surface area (Å²) in [6, 6.07) is 5.30. The Balaban J connectivity index is 1.46. The Hall–Kier alpha value is -2.33. The van der Waals surface area contributed by atoms with Gasteiger partial charge in [-0.15, -0.1) is 0 Å². The number of fused-ring (bicyclic) bond motifs is 1. The smallest absolute Gasteiger partial charge is 0.372 e. The van der Waals surface area contributed by atoms with Gasteiger partial charge < -0.3 is 19.9 Å². The number of anilines is 2. The summed E-state index contributed by atoms with van der Waals surface area (Å²) in [7, 11) is 1.83. The Morgan fingerprint density at radius 1 is 1.21 bits per heavy atom. The van der Waals surface area contributed by atoms with E-state index in [0.29, 0.717) is 50.4 Å². The van der Waals surface area contributed by atoms with Crippen molar-refractivity contribution in [3.05, 3.63) is 23.8 Å². The van der Waals surface area contributed by atoms with Crippen LogP contribution >= 0.6 is 0 Å². The molecule has 1 saturated heterocycles. The van der Waals surface area contributed by atoms with Crippen LogP contribution in [0.5, 0.6) is 0 Å². The van der Waals surface area contributed by atoms with Crippen molar-refractivity contribution in [2.75, 3.05) is 69.7 Å². The number of hydrogen-bond acceptors (Lipinski definition) is 5. The molecule has 160 valence electrons. The Bertz CT molecular complexity index is 749. The number of nitrogens with zero attached hydrogens (tertiary/aromatic N) is 3. The third kappa shape index (κ3) is 5.83. The van der Waals surface area contributed by atoms with Gasteiger partial charge in [0.05, 0.1) is 17.9 Å². The van der Waals surface area contributed by atoms with Crippen molar-refractivity contribution in [3.8, 4) is 0 Å². The minimum Gasteiger partial charge on any atom is -0.372 e. The zero-order chi connectivity index (χ0) is 21.0. The Morgan fingerprint density at radius 2 is 1.93 bits per heavy atom. The van der Waals surface area contributed by atoms with Gasteiger partial charge in [-0.2, -0.15) is 13.2 Å². The lowest BCUT2D eigenvalue weighted by atomic mass is 10.1. The van der Waals surface area contributed by atoms with E-state index in [1.807, 2.05) is 18.0 Å². The first kappa shape index (κ1) is 21.4. The molecule has 2 aliphatic heterocycles. The number of piperazine rings is 1. The van der Waals surface area contributed by atoms with Gasteiger partial charge in [-0.25, -0.2) is 0 Å². The quantitative estimate of drug-likeness (QED) is 0.720. The number of benzene rings is 1. The fourth-order valence-corrected chi connectivity index (χ4v) is 3.53. The molecule has 3 rings (SSSR count). The van der Waals surface area contributed by atoms with Crippen molar-refractivity contribution >= 4 is 23.2 Å². The zero-order valence-corrected chi connectivity index (χ0v) is 16.3. The highest BCUT2D eigenvalue weighted by molar-refractivity contribution is 6.03. The van der Waals surface area contributed by atoms with Crippen LogP contribution in [0.1, 0.15) is 16.8 Å². The lowest BCUT2D eigenvalue weighted by Gasteiger charge is -2.35. The van der Waals surface area contributed by atoms with Gasteiger partial charge in [0.15, 0.2) is 0 Å². The fraction of sp³-hybridized carbons (Fsp3) is 0.579. The molecule has 0 atom stereocenters. The molecule has 2 amide bonds. The molecule has 2 heterocycles. The van der Waals surface area contributed by atoms with Gasteiger partial charge >= 0.3 is 6.18 Å². The minimum absolute atomic E-state index is 0.0634. The number of hydrogen-bond donors (Lipinski definition) is 1. The predicted octanol–water partition coefficient (Wildman–Crippen LogP) is 1.80. The molecule has 0 aliphatic carbocycles. The van der Waals surface area contributed by atoms with Gasteiger partial charge in [0.1, 0.15) is 6.61 Å². The maximum atomic E-state index is 12.8. The number of carbonyl (C=O) groups is 2. The average molecular weight is 414 g/mol. The molecule has 1 fully saturated rings. The summed E-state index contributed by atoms with van der Waals surface area (Å²) >= 11 is 0. The maximum absolute atomic E-state index is 12.8. The number of halogens is 3. The molecule has 0 radical (unpaired) electrons. The second-order valence-corrected chi connectivity index (χ2v) is 7.29. The van der Waals surface area contributed by atoms with E-state index in [9.17, 15) is 22.8 Å². The number of likely N-dealkylation sites (N-methyl/N-ethyl adjacent to an activating group) is 1. The summed E-state index contributed by atoms with van der Waals surface area (Å²) in [4.78, 5) is 30.2. The van der Waals surface area contributed by atoms with Gasteiger partial charge in [0.2, 0.25) is 5.91 Å². The number of ether oxygens (including phenoxy) is 1. The van der Waals surface area contributed by atoms with Crippen LogP contribution in [0.3, 0.4) is 0 Å². The van der Waals surface area contributed by atoms with Crippen molar-refractivity contribution in [2.24, 2.45) is 0 Å². The van der Waals surface area contributed by atoms with Gasteiger partial charge in [0.25, 0.3) is 5.91 Å². The Labute approximate surface area is 167 Å². The first-order chi connectivity index (χ1) is 13.7. The minimum atomic E-state index is -4.29. The molecule has 29 heavy (non-hydrogen) atoms. The SMILES string of the molecule is CN1CC(=O)Nc2cc(C(=O)N3CCN(CCCOCC(F)(F)F)CC3)ccc21. The summed E-state index contributed by atoms with van der Waals surface area (Å²) in [6.07, 6.45) is -3.77. The molecule has 1 aromatic carbocycles. The lowest BCUT2D eigenvalue weighted by molar-refractivity contribution is -0.174. The molecule has 2 aliphatic rings. The molecule has 0 aromatic heterocycles. The summed E-state index contributed by atoms with van der Waals surface area (Å²) in [6.45, 7) is 2.18. The van der Waals surface area contributed by atoms with Crippen molar-refractivity contribution in [1.82, 2.24) is 9.80 Å². The third-order valence-electron chi connectivity index (χ3n) is 5.00. The van der Waals surface area contributed by atoms with Crippen LogP contribution in [-0.4, -0.2) is 87.3 Å². The number of nitrogens with one attached hydrogen (secondary N) is 1. The highest BCUT2D eigenvalue weighted by Gasteiger charge is 2.27. The van der Waals surface area contributed by atoms with E-state index < -0.39 is 12.8 Å². The first-order valence-corrected chi connectivity index (χ1v) is 9.54. The molecule has 1 N–H and O–H groups in total. The molecule has 0 unspecified atom stereocenters. The molecule has 0 bridgehead atoms. The topological polar surface area (TPSA) is 65.1 Å². The highest BCUT2D eigenvalue weighted by Crippen LogP contribution is 2.29. The van der Waals surface area contributed by atoms with E-state index in [0.717, 1.165) is 5.69 Å². The number of carbonyl (C=O) groups excluding carboxylic acids is 2. The van der Waals surface area contributed by atoms with Gasteiger partial charge in [-0.05, 0) is 24.6 Å². The van der Waals surface area contributed by atoms with Gasteiger partial charge in [-0.3, -0.25) is 14.5 Å². The van der Waals surface area contributed by atoms with E-state index in [1.54, 1.807) is 17.0 Å². The molecule has 0 spiro atoms. The van der Waals surface area contributed by atoms with Crippen molar-refractivity contribution < 1.29 is 27.5 Å². The molecule has 1 aromatic rings. The predicted molar refractivity (Wildman–Crippen MR) is 102 cm³/mol. The monoisotopic (exact) mass is 414 g/mol. The summed E-state index contributed by atoms with van der Waals surface area (Å²) in [5.74, 6) is -0.208. The number of alkyl halides is 3. The normalized spacial score (nSPS) is 17.9. The van der Waals surface area contributed by atoms with Crippen molar-refractivity contribution in [2.45, 2.75) is 12.6 Å². The Morgan fingerprint density at radius 3 is 2.62 bits per heavy atom. The second kappa shape index (κ2) is 9.00. The van der Waals surface area contributed by atoms with Crippen molar-refractivity contribution in [1.29, 1.82) is 0 Å². The first-order valence-electron chi connectivity index (χ1n) is 9.54. The van der Waals surface area contributed by atoms with Crippen LogP contribution in [-0.2, 0) is 9.53 Å². The summed E-state index contributed by atoms with van der Waals surface area (Å²) < 4.78 is 40.7. The van der Waals surface area contributed by atoms with Crippen LogP contribution in [0.25, 0.3) is 0 Å². The molecule has 0 saturated carbocycles. The van der Waals surface area contributed by atoms with E-state index in [4.69, 9.17) is 0 Å². The molecule has 7 nitrogen and oxygen atoms in total. The van der Waals surface area contributed by atoms with Crippen LogP contribution in [0.4, 0.5) is 24.5 Å².